The predicted octanol–water partition coefficient (Wildman–Crippen LogP) is 1.62. The monoisotopic (exact) mass is 193 g/mol. The van der Waals surface area contributed by atoms with Crippen LogP contribution in [0, 0.1) is 5.92 Å². The molecule has 0 radical (unpaired) electrons. The molecule has 0 amide bonds. The first-order valence-electron chi connectivity index (χ1n) is 5.54. The highest BCUT2D eigenvalue weighted by atomic mass is 15.1. The van der Waals surface area contributed by atoms with E-state index in [2.05, 4.69) is 34.9 Å². The molecule has 1 saturated heterocycles. The molecular weight excluding hydrogens is 174 g/mol. The molecule has 0 spiro atoms. The Morgan fingerprint density at radius 2 is 2.50 bits per heavy atom. The maximum Gasteiger partial charge on any atom is 0.112 e. The van der Waals surface area contributed by atoms with E-state index >= 15 is 0 Å². The van der Waals surface area contributed by atoms with Gasteiger partial charge in [-0.15, -0.1) is 0 Å². The average molecular weight is 193 g/mol. The van der Waals surface area contributed by atoms with Gasteiger partial charge in [0.15, 0.2) is 0 Å². The zero-order valence-corrected chi connectivity index (χ0v) is 9.03. The summed E-state index contributed by atoms with van der Waals surface area (Å²) in [7, 11) is 0. The molecule has 1 aromatic heterocycles. The summed E-state index contributed by atoms with van der Waals surface area (Å²) in [5.74, 6) is 2.63. The molecule has 1 aromatic rings. The second-order valence-corrected chi connectivity index (χ2v) is 4.15. The summed E-state index contributed by atoms with van der Waals surface area (Å²) in [6.45, 7) is 7.78. The number of piperidine rings is 1. The Bertz CT molecular complexity index is 292. The van der Waals surface area contributed by atoms with Crippen LogP contribution < -0.4 is 5.32 Å². The lowest BCUT2D eigenvalue weighted by Gasteiger charge is -2.29. The molecule has 2 unspecified atom stereocenters. The van der Waals surface area contributed by atoms with E-state index in [0.29, 0.717) is 11.8 Å². The molecule has 14 heavy (non-hydrogen) atoms. The molecule has 1 aliphatic heterocycles. The summed E-state index contributed by atoms with van der Waals surface area (Å²) < 4.78 is 2.27. The van der Waals surface area contributed by atoms with Gasteiger partial charge in [0.05, 0.1) is 0 Å². The Kier molecular flexibility index (Phi) is 2.87. The van der Waals surface area contributed by atoms with E-state index in [1.165, 1.54) is 12.2 Å². The number of nitrogens with zero attached hydrogens (tertiary/aromatic N) is 2. The summed E-state index contributed by atoms with van der Waals surface area (Å²) in [6.07, 6.45) is 5.23. The first-order valence-corrected chi connectivity index (χ1v) is 5.54. The molecule has 0 aliphatic carbocycles. The molecule has 1 fully saturated rings. The number of nitrogens with one attached hydrogen (secondary N) is 1. The second kappa shape index (κ2) is 4.13. The quantitative estimate of drug-likeness (QED) is 0.773. The fourth-order valence-corrected chi connectivity index (χ4v) is 2.31. The van der Waals surface area contributed by atoms with E-state index in [9.17, 15) is 0 Å². The normalized spacial score (nSPS) is 27.9. The molecule has 2 heterocycles. The summed E-state index contributed by atoms with van der Waals surface area (Å²) in [4.78, 5) is 4.50. The third-order valence-corrected chi connectivity index (χ3v) is 3.21. The molecule has 2 rings (SSSR count). The standard InChI is InChI=1S/C11H19N3/c1-3-14-7-6-13-11(14)10-4-5-12-8-9(10)2/h6-7,9-10,12H,3-5,8H2,1-2H3. The molecule has 78 valence electrons. The van der Waals surface area contributed by atoms with Crippen molar-refractivity contribution in [1.29, 1.82) is 0 Å². The van der Waals surface area contributed by atoms with Crippen molar-refractivity contribution < 1.29 is 0 Å². The van der Waals surface area contributed by atoms with Crippen LogP contribution in [0.2, 0.25) is 0 Å². The smallest absolute Gasteiger partial charge is 0.112 e. The summed E-state index contributed by atoms with van der Waals surface area (Å²) in [6, 6.07) is 0. The molecule has 1 N–H and O–H groups in total. The first-order chi connectivity index (χ1) is 6.83. The third-order valence-electron chi connectivity index (χ3n) is 3.21. The van der Waals surface area contributed by atoms with Crippen LogP contribution in [0.5, 0.6) is 0 Å². The van der Waals surface area contributed by atoms with Crippen molar-refractivity contribution in [1.82, 2.24) is 14.9 Å². The summed E-state index contributed by atoms with van der Waals surface area (Å²) in [5, 5.41) is 3.43. The van der Waals surface area contributed by atoms with Crippen molar-refractivity contribution in [3.05, 3.63) is 18.2 Å². The second-order valence-electron chi connectivity index (χ2n) is 4.15. The number of aryl methyl sites for hydroxylation is 1. The van der Waals surface area contributed by atoms with Crippen molar-refractivity contribution in [2.45, 2.75) is 32.7 Å². The highest BCUT2D eigenvalue weighted by molar-refractivity contribution is 5.04. The fourth-order valence-electron chi connectivity index (χ4n) is 2.31. The van der Waals surface area contributed by atoms with E-state index in [0.717, 1.165) is 19.6 Å². The van der Waals surface area contributed by atoms with Crippen molar-refractivity contribution in [2.75, 3.05) is 13.1 Å². The van der Waals surface area contributed by atoms with Gasteiger partial charge in [-0.3, -0.25) is 0 Å². The van der Waals surface area contributed by atoms with Crippen LogP contribution in [0.4, 0.5) is 0 Å². The van der Waals surface area contributed by atoms with Crippen LogP contribution in [0.15, 0.2) is 12.4 Å². The van der Waals surface area contributed by atoms with Gasteiger partial charge in [-0.25, -0.2) is 4.98 Å². The van der Waals surface area contributed by atoms with E-state index < -0.39 is 0 Å². The van der Waals surface area contributed by atoms with Crippen LogP contribution in [0.3, 0.4) is 0 Å². The molecule has 0 bridgehead atoms. The lowest BCUT2D eigenvalue weighted by molar-refractivity contribution is 0.331. The maximum absolute atomic E-state index is 4.50. The van der Waals surface area contributed by atoms with E-state index in [-0.39, 0.29) is 0 Å². The van der Waals surface area contributed by atoms with Gasteiger partial charge in [-0.05, 0) is 32.4 Å². The van der Waals surface area contributed by atoms with Gasteiger partial charge < -0.3 is 9.88 Å². The molecular formula is C11H19N3. The fraction of sp³-hybridized carbons (Fsp3) is 0.727. The van der Waals surface area contributed by atoms with Crippen molar-refractivity contribution in [2.24, 2.45) is 5.92 Å². The lowest BCUT2D eigenvalue weighted by atomic mass is 9.87. The largest absolute Gasteiger partial charge is 0.335 e. The minimum absolute atomic E-state index is 0.645. The predicted molar refractivity (Wildman–Crippen MR) is 57.3 cm³/mol. The van der Waals surface area contributed by atoms with Crippen molar-refractivity contribution >= 4 is 0 Å². The highest BCUT2D eigenvalue weighted by Gasteiger charge is 2.25. The van der Waals surface area contributed by atoms with Crippen molar-refractivity contribution in [3.8, 4) is 0 Å². The van der Waals surface area contributed by atoms with Crippen LogP contribution in [0.25, 0.3) is 0 Å². The molecule has 2 atom stereocenters. The Morgan fingerprint density at radius 3 is 3.21 bits per heavy atom. The van der Waals surface area contributed by atoms with E-state index in [1.807, 2.05) is 6.20 Å². The Labute approximate surface area is 85.5 Å². The van der Waals surface area contributed by atoms with E-state index in [1.54, 1.807) is 0 Å². The van der Waals surface area contributed by atoms with Gasteiger partial charge in [0.2, 0.25) is 0 Å². The first kappa shape index (κ1) is 9.71. The topological polar surface area (TPSA) is 29.9 Å². The maximum atomic E-state index is 4.50. The van der Waals surface area contributed by atoms with Gasteiger partial charge in [0.1, 0.15) is 5.82 Å². The van der Waals surface area contributed by atoms with Crippen LogP contribution in [-0.4, -0.2) is 22.6 Å². The third kappa shape index (κ3) is 1.69. The van der Waals surface area contributed by atoms with Crippen LogP contribution in [-0.2, 0) is 6.54 Å². The lowest BCUT2D eigenvalue weighted by Crippen LogP contribution is -2.34. The van der Waals surface area contributed by atoms with E-state index in [4.69, 9.17) is 0 Å². The number of rotatable bonds is 2. The average Bonchev–Trinajstić information content (AvgIpc) is 2.66. The minimum Gasteiger partial charge on any atom is -0.335 e. The Morgan fingerprint density at radius 1 is 1.64 bits per heavy atom. The zero-order valence-electron chi connectivity index (χ0n) is 9.03. The van der Waals surface area contributed by atoms with Crippen molar-refractivity contribution in [3.63, 3.8) is 0 Å². The minimum atomic E-state index is 0.645. The molecule has 3 heteroatoms. The highest BCUT2D eigenvalue weighted by Crippen LogP contribution is 2.28. The summed E-state index contributed by atoms with van der Waals surface area (Å²) in [5.41, 5.74) is 0. The Hall–Kier alpha value is -0.830. The number of hydrogen-bond acceptors (Lipinski definition) is 2. The van der Waals surface area contributed by atoms with Gasteiger partial charge >= 0.3 is 0 Å². The number of hydrogen-bond donors (Lipinski definition) is 1. The Balaban J connectivity index is 2.20. The van der Waals surface area contributed by atoms with Gasteiger partial charge in [0.25, 0.3) is 0 Å². The molecule has 0 saturated carbocycles. The SMILES string of the molecule is CCn1ccnc1C1CCNCC1C. The van der Waals surface area contributed by atoms with Gasteiger partial charge in [0, 0.05) is 24.9 Å². The van der Waals surface area contributed by atoms with Crippen LogP contribution in [0.1, 0.15) is 32.0 Å². The summed E-state index contributed by atoms with van der Waals surface area (Å²) >= 11 is 0. The number of aromatic nitrogens is 2. The van der Waals surface area contributed by atoms with Gasteiger partial charge in [-0.1, -0.05) is 6.92 Å². The van der Waals surface area contributed by atoms with Crippen LogP contribution >= 0.6 is 0 Å². The molecule has 3 nitrogen and oxygen atoms in total. The molecule has 0 aromatic carbocycles. The number of imidazole rings is 1. The zero-order chi connectivity index (χ0) is 9.97. The van der Waals surface area contributed by atoms with Gasteiger partial charge in [-0.2, -0.15) is 0 Å². The molecule has 1 aliphatic rings.